The number of aromatic nitrogens is 1. The smallest absolute Gasteiger partial charge is 0.344 e. The molecule has 0 fully saturated rings. The van der Waals surface area contributed by atoms with Crippen molar-refractivity contribution in [2.75, 3.05) is 30.3 Å². The van der Waals surface area contributed by atoms with E-state index in [2.05, 4.69) is 24.8 Å². The van der Waals surface area contributed by atoms with E-state index in [1.54, 1.807) is 0 Å². The zero-order valence-corrected chi connectivity index (χ0v) is 26.4. The number of benzene rings is 1. The highest BCUT2D eigenvalue weighted by atomic mass is 32.2. The monoisotopic (exact) mass is 626 g/mol. The lowest BCUT2D eigenvalue weighted by molar-refractivity contribution is -0.671. The Labute approximate surface area is 257 Å². The number of rotatable bonds is 13. The molecule has 11 nitrogen and oxygen atoms in total. The van der Waals surface area contributed by atoms with E-state index in [0.29, 0.717) is 24.1 Å². The molecular formula is C32H40N3O8S+. The summed E-state index contributed by atoms with van der Waals surface area (Å²) in [5, 5.41) is 9.79. The maximum atomic E-state index is 13.1. The van der Waals surface area contributed by atoms with Gasteiger partial charge < -0.3 is 19.3 Å². The molecule has 44 heavy (non-hydrogen) atoms. The summed E-state index contributed by atoms with van der Waals surface area (Å²) in [5.41, 5.74) is 3.87. The highest BCUT2D eigenvalue weighted by Gasteiger charge is 2.32. The van der Waals surface area contributed by atoms with E-state index < -0.39 is 33.0 Å². The summed E-state index contributed by atoms with van der Waals surface area (Å²) in [6.07, 6.45) is 6.76. The highest BCUT2D eigenvalue weighted by molar-refractivity contribution is 7.85. The number of aryl methyl sites for hydroxylation is 1. The third-order valence-electron chi connectivity index (χ3n) is 7.90. The van der Waals surface area contributed by atoms with Crippen LogP contribution in [0.3, 0.4) is 0 Å². The second kappa shape index (κ2) is 13.3. The molecule has 236 valence electrons. The van der Waals surface area contributed by atoms with Gasteiger partial charge in [-0.05, 0) is 57.7 Å². The fourth-order valence-electron chi connectivity index (χ4n) is 5.75. The Hall–Kier alpha value is -4.03. The van der Waals surface area contributed by atoms with Crippen LogP contribution in [-0.2, 0) is 26.8 Å². The predicted molar refractivity (Wildman–Crippen MR) is 168 cm³/mol. The van der Waals surface area contributed by atoms with Crippen molar-refractivity contribution >= 4 is 44.2 Å². The van der Waals surface area contributed by atoms with E-state index in [-0.39, 0.29) is 44.7 Å². The Morgan fingerprint density at radius 3 is 2.34 bits per heavy atom. The lowest BCUT2D eigenvalue weighted by Crippen LogP contribution is -2.46. The van der Waals surface area contributed by atoms with Crippen molar-refractivity contribution in [2.24, 2.45) is 7.05 Å². The number of allylic oxidation sites excluding steroid dienone is 1. The summed E-state index contributed by atoms with van der Waals surface area (Å²) in [6, 6.07) is 9.50. The molecule has 1 aromatic carbocycles. The van der Waals surface area contributed by atoms with E-state index in [1.165, 1.54) is 4.90 Å². The van der Waals surface area contributed by atoms with Gasteiger partial charge in [0.2, 0.25) is 5.91 Å². The molecular weight excluding hydrogens is 586 g/mol. The van der Waals surface area contributed by atoms with E-state index in [4.69, 9.17) is 14.1 Å². The average Bonchev–Trinajstić information content (AvgIpc) is 2.92. The molecule has 1 amide bonds. The van der Waals surface area contributed by atoms with Crippen LogP contribution in [0.25, 0.3) is 27.7 Å². The fraction of sp³-hybridized carbons (Fsp3) is 0.438. The molecule has 2 aromatic heterocycles. The highest BCUT2D eigenvalue weighted by Crippen LogP contribution is 2.41. The first-order valence-corrected chi connectivity index (χ1v) is 16.3. The number of nitrogens with zero attached hydrogens (tertiary/aromatic N) is 3. The molecule has 3 aromatic rings. The van der Waals surface area contributed by atoms with Gasteiger partial charge in [0.25, 0.3) is 10.1 Å². The van der Waals surface area contributed by atoms with Crippen LogP contribution in [0.5, 0.6) is 0 Å². The summed E-state index contributed by atoms with van der Waals surface area (Å²) in [5.74, 6) is -1.66. The number of hydrogen-bond acceptors (Lipinski definition) is 7. The maximum Gasteiger partial charge on any atom is 0.344 e. The minimum absolute atomic E-state index is 0.0527. The lowest BCUT2D eigenvalue weighted by atomic mass is 9.87. The van der Waals surface area contributed by atoms with Gasteiger partial charge in [0.15, 0.2) is 12.4 Å². The molecule has 1 aliphatic rings. The normalized spacial score (nSPS) is 14.3. The molecule has 0 saturated carbocycles. The van der Waals surface area contributed by atoms with Gasteiger partial charge in [-0.3, -0.25) is 14.1 Å². The first kappa shape index (κ1) is 32.9. The number of anilines is 1. The van der Waals surface area contributed by atoms with Gasteiger partial charge in [-0.2, -0.15) is 8.42 Å². The number of hydrogen-bond donors (Lipinski definition) is 2. The number of amides is 1. The lowest BCUT2D eigenvalue weighted by Gasteiger charge is -2.43. The first-order valence-electron chi connectivity index (χ1n) is 14.6. The zero-order valence-electron chi connectivity index (χ0n) is 25.6. The van der Waals surface area contributed by atoms with E-state index in [1.807, 2.05) is 61.3 Å². The van der Waals surface area contributed by atoms with Crippen LogP contribution < -0.4 is 15.1 Å². The van der Waals surface area contributed by atoms with Crippen molar-refractivity contribution in [3.63, 3.8) is 0 Å². The topological polar surface area (TPSA) is 149 Å². The summed E-state index contributed by atoms with van der Waals surface area (Å²) in [6.45, 7) is 7.00. The second-order valence-electron chi connectivity index (χ2n) is 11.9. The van der Waals surface area contributed by atoms with Crippen molar-refractivity contribution in [3.8, 4) is 11.1 Å². The van der Waals surface area contributed by atoms with E-state index in [9.17, 15) is 22.8 Å². The largest absolute Gasteiger partial charge is 0.481 e. The first-order chi connectivity index (χ1) is 20.6. The molecule has 0 atom stereocenters. The fourth-order valence-corrected chi connectivity index (χ4v) is 6.24. The molecule has 0 saturated heterocycles. The summed E-state index contributed by atoms with van der Waals surface area (Å²) in [7, 11) is -2.26. The summed E-state index contributed by atoms with van der Waals surface area (Å²) >= 11 is 0. The standard InChI is InChI=1S/C32H39N3O8S/c1-22-21-32(2,3)35(14-5-8-29(36)34(12-6-9-30(37)38)13-7-17-44(40,41)42)27-20-28-24(18-25(22)27)19-26(31(39)43-28)23-10-15-33(4)16-11-23/h10-11,15-16,18-21H,5-9,12-14,17H2,1-4H3,(H-,37,38,40,41,42)/p+1. The molecule has 2 N–H and O–H groups in total. The van der Waals surface area contributed by atoms with Crippen LogP contribution in [-0.4, -0.2) is 65.8 Å². The average molecular weight is 627 g/mol. The number of carbonyl (C=O) groups is 2. The summed E-state index contributed by atoms with van der Waals surface area (Å²) in [4.78, 5) is 40.8. The molecule has 0 aliphatic carbocycles. The van der Waals surface area contributed by atoms with Crippen molar-refractivity contribution in [1.82, 2.24) is 4.90 Å². The number of carboxylic acids is 1. The SMILES string of the molecule is CC1=CC(C)(C)N(CCCC(=O)N(CCCC(=O)O)CCCS(=O)(=O)O)c2cc3oc(=O)c(-c4cc[n+](C)cc4)cc3cc21. The van der Waals surface area contributed by atoms with Gasteiger partial charge in [-0.1, -0.05) is 6.08 Å². The van der Waals surface area contributed by atoms with E-state index >= 15 is 0 Å². The molecule has 0 bridgehead atoms. The number of carbonyl (C=O) groups excluding carboxylic acids is 1. The van der Waals surface area contributed by atoms with Gasteiger partial charge in [-0.15, -0.1) is 0 Å². The number of carboxylic acid groups (broad SMARTS) is 1. The van der Waals surface area contributed by atoms with Crippen LogP contribution in [0, 0.1) is 0 Å². The number of fused-ring (bicyclic) bond motifs is 2. The Bertz CT molecular complexity index is 1740. The molecule has 0 unspecified atom stereocenters. The zero-order chi connectivity index (χ0) is 32.2. The molecule has 1 aliphatic heterocycles. The van der Waals surface area contributed by atoms with Crippen LogP contribution in [0.2, 0.25) is 0 Å². The van der Waals surface area contributed by atoms with Gasteiger partial charge in [0.05, 0.1) is 16.9 Å². The minimum Gasteiger partial charge on any atom is -0.481 e. The van der Waals surface area contributed by atoms with Crippen LogP contribution in [0.4, 0.5) is 5.69 Å². The maximum absolute atomic E-state index is 13.1. The molecule has 3 heterocycles. The Kier molecular flexibility index (Phi) is 9.94. The van der Waals surface area contributed by atoms with Crippen LogP contribution in [0.15, 0.2) is 58.0 Å². The van der Waals surface area contributed by atoms with Gasteiger partial charge in [0.1, 0.15) is 12.6 Å². The number of aliphatic carboxylic acids is 1. The van der Waals surface area contributed by atoms with Crippen LogP contribution >= 0.6 is 0 Å². The molecule has 0 spiro atoms. The quantitative estimate of drug-likeness (QED) is 0.163. The second-order valence-corrected chi connectivity index (χ2v) is 13.4. The minimum atomic E-state index is -4.17. The third-order valence-corrected chi connectivity index (χ3v) is 8.70. The molecule has 0 radical (unpaired) electrons. The Balaban J connectivity index is 1.54. The van der Waals surface area contributed by atoms with E-state index in [0.717, 1.165) is 27.8 Å². The number of pyridine rings is 1. The van der Waals surface area contributed by atoms with Crippen LogP contribution in [0.1, 0.15) is 58.4 Å². The Morgan fingerprint density at radius 1 is 1.02 bits per heavy atom. The van der Waals surface area contributed by atoms with Crippen molar-refractivity contribution in [1.29, 1.82) is 0 Å². The van der Waals surface area contributed by atoms with Gasteiger partial charge >= 0.3 is 11.6 Å². The van der Waals surface area contributed by atoms with Crippen molar-refractivity contribution in [3.05, 3.63) is 64.8 Å². The Morgan fingerprint density at radius 2 is 1.68 bits per heavy atom. The van der Waals surface area contributed by atoms with Gasteiger partial charge in [0, 0.05) is 72.9 Å². The molecule has 12 heteroatoms. The summed E-state index contributed by atoms with van der Waals surface area (Å²) < 4.78 is 39.1. The van der Waals surface area contributed by atoms with Crippen molar-refractivity contribution in [2.45, 2.75) is 58.4 Å². The van der Waals surface area contributed by atoms with Crippen molar-refractivity contribution < 1.29 is 36.7 Å². The predicted octanol–water partition coefficient (Wildman–Crippen LogP) is 4.04. The van der Waals surface area contributed by atoms with Gasteiger partial charge in [-0.25, -0.2) is 9.36 Å². The molecule has 4 rings (SSSR count). The third kappa shape index (κ3) is 8.11.